The Kier molecular flexibility index (Phi) is 10.6. The lowest BCUT2D eigenvalue weighted by atomic mass is 9.88. The van der Waals surface area contributed by atoms with E-state index in [-0.39, 0.29) is 0 Å². The van der Waals surface area contributed by atoms with Crippen molar-refractivity contribution in [1.82, 2.24) is 4.57 Å². The van der Waals surface area contributed by atoms with Crippen LogP contribution in [0.3, 0.4) is 0 Å². The summed E-state index contributed by atoms with van der Waals surface area (Å²) < 4.78 is 4.95. The molecular formula is C63H44N4S. The van der Waals surface area contributed by atoms with Crippen molar-refractivity contribution in [3.05, 3.63) is 259 Å². The predicted octanol–water partition coefficient (Wildman–Crippen LogP) is 16.2. The van der Waals surface area contributed by atoms with Crippen LogP contribution < -0.4 is 5.73 Å². The van der Waals surface area contributed by atoms with Crippen LogP contribution in [0.4, 0.5) is 0 Å². The molecule has 12 aromatic rings. The van der Waals surface area contributed by atoms with Gasteiger partial charge in [0.2, 0.25) is 0 Å². The molecule has 322 valence electrons. The van der Waals surface area contributed by atoms with Crippen LogP contribution in [0, 0.1) is 0 Å². The first-order chi connectivity index (χ1) is 33.7. The molecule has 0 atom stereocenters. The highest BCUT2D eigenvalue weighted by Gasteiger charge is 2.21. The summed E-state index contributed by atoms with van der Waals surface area (Å²) >= 11 is 1.87. The molecule has 0 radical (unpaired) electrons. The highest BCUT2D eigenvalue weighted by molar-refractivity contribution is 7.26. The average Bonchev–Trinajstić information content (AvgIpc) is 3.97. The second-order valence-corrected chi connectivity index (χ2v) is 18.1. The SMILES string of the molecule is NC(=NC(=NCc1cc(-c2cc(-c3ccccc3)ccc2-c2ccccc2)ccc1-c1cccc2sc3c(ccc4c5ccccc5n(-c5ccccc5)c43)c12)c1ccccc1)c1ccccc1. The molecule has 2 N–H and O–H groups in total. The number of nitrogens with two attached hydrogens (primary N) is 1. The van der Waals surface area contributed by atoms with Crippen molar-refractivity contribution < 1.29 is 0 Å². The largest absolute Gasteiger partial charge is 0.383 e. The van der Waals surface area contributed by atoms with Crippen molar-refractivity contribution in [1.29, 1.82) is 0 Å². The number of fused-ring (bicyclic) bond motifs is 7. The van der Waals surface area contributed by atoms with E-state index in [9.17, 15) is 0 Å². The van der Waals surface area contributed by atoms with Crippen molar-refractivity contribution in [3.8, 4) is 50.2 Å². The molecule has 0 saturated carbocycles. The van der Waals surface area contributed by atoms with Crippen molar-refractivity contribution in [3.63, 3.8) is 0 Å². The van der Waals surface area contributed by atoms with E-state index in [4.69, 9.17) is 15.7 Å². The van der Waals surface area contributed by atoms with Gasteiger partial charge in [-0.1, -0.05) is 206 Å². The maximum atomic E-state index is 6.74. The van der Waals surface area contributed by atoms with Crippen LogP contribution in [-0.4, -0.2) is 16.2 Å². The normalized spacial score (nSPS) is 12.1. The van der Waals surface area contributed by atoms with Crippen molar-refractivity contribution in [2.75, 3.05) is 0 Å². The smallest absolute Gasteiger partial charge is 0.157 e. The second kappa shape index (κ2) is 17.6. The molecule has 12 rings (SSSR count). The summed E-state index contributed by atoms with van der Waals surface area (Å²) in [5.41, 5.74) is 22.4. The van der Waals surface area contributed by atoms with Gasteiger partial charge in [0.05, 0.1) is 22.3 Å². The molecule has 5 heteroatoms. The molecule has 10 aromatic carbocycles. The molecule has 2 heterocycles. The molecule has 0 spiro atoms. The Morgan fingerprint density at radius 2 is 1.06 bits per heavy atom. The zero-order valence-corrected chi connectivity index (χ0v) is 37.9. The molecule has 0 aliphatic rings. The lowest BCUT2D eigenvalue weighted by Gasteiger charge is -2.17. The van der Waals surface area contributed by atoms with E-state index in [0.717, 1.165) is 50.2 Å². The fourth-order valence-electron chi connectivity index (χ4n) is 9.74. The number of hydrogen-bond donors (Lipinski definition) is 1. The van der Waals surface area contributed by atoms with Gasteiger partial charge in [-0.25, -0.2) is 4.99 Å². The Morgan fingerprint density at radius 1 is 0.441 bits per heavy atom. The van der Waals surface area contributed by atoms with Crippen LogP contribution >= 0.6 is 11.3 Å². The van der Waals surface area contributed by atoms with Crippen molar-refractivity contribution in [2.45, 2.75) is 6.54 Å². The topological polar surface area (TPSA) is 55.7 Å². The first-order valence-electron chi connectivity index (χ1n) is 23.0. The molecule has 0 aliphatic heterocycles. The zero-order valence-electron chi connectivity index (χ0n) is 37.1. The van der Waals surface area contributed by atoms with Gasteiger partial charge in [-0.15, -0.1) is 11.3 Å². The summed E-state index contributed by atoms with van der Waals surface area (Å²) in [5.74, 6) is 0.996. The van der Waals surface area contributed by atoms with E-state index in [1.165, 1.54) is 58.7 Å². The highest BCUT2D eigenvalue weighted by Crippen LogP contribution is 2.47. The highest BCUT2D eigenvalue weighted by atomic mass is 32.1. The summed E-state index contributed by atoms with van der Waals surface area (Å²) in [6.07, 6.45) is 0. The Labute approximate surface area is 399 Å². The minimum atomic E-state index is 0.364. The first kappa shape index (κ1) is 40.8. The van der Waals surface area contributed by atoms with Gasteiger partial charge < -0.3 is 10.3 Å². The van der Waals surface area contributed by atoms with Crippen LogP contribution in [0.5, 0.6) is 0 Å². The molecule has 2 aromatic heterocycles. The molecule has 0 bridgehead atoms. The minimum absolute atomic E-state index is 0.364. The number of amidine groups is 2. The maximum Gasteiger partial charge on any atom is 0.157 e. The second-order valence-electron chi connectivity index (χ2n) is 17.0. The average molecular weight is 889 g/mol. The number of para-hydroxylation sites is 2. The molecule has 0 amide bonds. The van der Waals surface area contributed by atoms with E-state index < -0.39 is 0 Å². The maximum absolute atomic E-state index is 6.74. The van der Waals surface area contributed by atoms with Crippen LogP contribution in [0.1, 0.15) is 16.7 Å². The quantitative estimate of drug-likeness (QED) is 0.114. The van der Waals surface area contributed by atoms with E-state index in [1.54, 1.807) is 0 Å². The van der Waals surface area contributed by atoms with Gasteiger partial charge >= 0.3 is 0 Å². The Hall–Kier alpha value is -8.64. The number of aromatic nitrogens is 1. The number of hydrogen-bond acceptors (Lipinski definition) is 2. The van der Waals surface area contributed by atoms with Crippen molar-refractivity contribution in [2.24, 2.45) is 15.7 Å². The summed E-state index contributed by atoms with van der Waals surface area (Å²) in [5, 5.41) is 4.97. The first-order valence-corrected chi connectivity index (χ1v) is 23.8. The molecule has 0 unspecified atom stereocenters. The van der Waals surface area contributed by atoms with Gasteiger partial charge in [0, 0.05) is 43.1 Å². The number of rotatable bonds is 9. The van der Waals surface area contributed by atoms with Gasteiger partial charge in [0.1, 0.15) is 5.84 Å². The summed E-state index contributed by atoms with van der Waals surface area (Å²) in [6, 6.07) is 86.1. The van der Waals surface area contributed by atoms with Crippen LogP contribution in [0.25, 0.3) is 92.2 Å². The minimum Gasteiger partial charge on any atom is -0.383 e. The molecule has 0 saturated heterocycles. The Morgan fingerprint density at radius 3 is 1.81 bits per heavy atom. The van der Waals surface area contributed by atoms with Crippen LogP contribution in [-0.2, 0) is 6.54 Å². The number of benzene rings is 10. The number of thiophene rings is 1. The summed E-state index contributed by atoms with van der Waals surface area (Å²) in [6.45, 7) is 0.364. The molecule has 4 nitrogen and oxygen atoms in total. The third-order valence-electron chi connectivity index (χ3n) is 13.0. The fraction of sp³-hybridized carbons (Fsp3) is 0.0159. The van der Waals surface area contributed by atoms with E-state index in [0.29, 0.717) is 18.2 Å². The van der Waals surface area contributed by atoms with Gasteiger partial charge in [-0.2, -0.15) is 0 Å². The van der Waals surface area contributed by atoms with Gasteiger partial charge in [0.15, 0.2) is 5.84 Å². The number of aliphatic imine (C=N–C) groups is 2. The van der Waals surface area contributed by atoms with Gasteiger partial charge in [0.25, 0.3) is 0 Å². The van der Waals surface area contributed by atoms with Gasteiger partial charge in [-0.05, 0) is 86.5 Å². The Bertz CT molecular complexity index is 3850. The van der Waals surface area contributed by atoms with E-state index >= 15 is 0 Å². The predicted molar refractivity (Wildman–Crippen MR) is 289 cm³/mol. The fourth-order valence-corrected chi connectivity index (χ4v) is 11.0. The molecule has 0 aliphatic carbocycles. The van der Waals surface area contributed by atoms with Crippen molar-refractivity contribution >= 4 is 65.0 Å². The lowest BCUT2D eigenvalue weighted by molar-refractivity contribution is 1.06. The monoisotopic (exact) mass is 888 g/mol. The van der Waals surface area contributed by atoms with Crippen LogP contribution in [0.15, 0.2) is 253 Å². The van der Waals surface area contributed by atoms with E-state index in [2.05, 4.69) is 187 Å². The Balaban J connectivity index is 1.10. The van der Waals surface area contributed by atoms with E-state index in [1.807, 2.05) is 72.0 Å². The lowest BCUT2D eigenvalue weighted by Crippen LogP contribution is -2.16. The summed E-state index contributed by atoms with van der Waals surface area (Å²) in [4.78, 5) is 10.4. The standard InChI is InChI=1S/C63H44N4S/c64-62(44-23-10-3-11-24-44)66-63(45-25-12-4-13-26-45)65-41-48-39-47(56-40-46(42-19-6-1-7-20-42)33-35-50(56)43-21-8-2-9-22-43)34-36-51(48)53-30-18-32-58-59(53)55-38-37-54-52-29-16-17-31-57(52)67(60(54)61(55)68-58)49-27-14-5-15-28-49/h1-40H,41H2,(H2,64,65,66). The van der Waals surface area contributed by atoms with Crippen LogP contribution in [0.2, 0.25) is 0 Å². The van der Waals surface area contributed by atoms with Gasteiger partial charge in [-0.3, -0.25) is 4.99 Å². The number of nitrogens with zero attached hydrogens (tertiary/aromatic N) is 3. The third kappa shape index (κ3) is 7.45. The molecule has 0 fully saturated rings. The third-order valence-corrected chi connectivity index (χ3v) is 14.1. The molecular weight excluding hydrogens is 845 g/mol. The zero-order chi connectivity index (χ0) is 45.4. The molecule has 68 heavy (non-hydrogen) atoms. The summed E-state index contributed by atoms with van der Waals surface area (Å²) in [7, 11) is 0.